The highest BCUT2D eigenvalue weighted by molar-refractivity contribution is 7.92. The zero-order valence-electron chi connectivity index (χ0n) is 17.6. The molecule has 0 atom stereocenters. The van der Waals surface area contributed by atoms with Gasteiger partial charge >= 0.3 is 0 Å². The molecule has 0 aromatic heterocycles. The van der Waals surface area contributed by atoms with Gasteiger partial charge in [-0.15, -0.1) is 0 Å². The molecule has 0 fully saturated rings. The van der Waals surface area contributed by atoms with Gasteiger partial charge < -0.3 is 10.1 Å². The summed E-state index contributed by atoms with van der Waals surface area (Å²) in [7, 11) is -2.36. The van der Waals surface area contributed by atoms with Gasteiger partial charge in [0.2, 0.25) is 5.91 Å². The Hall–Kier alpha value is -3.32. The molecule has 7 heteroatoms. The molecule has 1 amide bonds. The first-order valence-corrected chi connectivity index (χ1v) is 11.5. The molecule has 0 unspecified atom stereocenters. The second kappa shape index (κ2) is 10.1. The van der Waals surface area contributed by atoms with Crippen LogP contribution in [0.3, 0.4) is 0 Å². The van der Waals surface area contributed by atoms with E-state index < -0.39 is 15.9 Å². The minimum atomic E-state index is -3.93. The van der Waals surface area contributed by atoms with Crippen LogP contribution in [0.5, 0.6) is 5.75 Å². The van der Waals surface area contributed by atoms with Crippen molar-refractivity contribution in [1.82, 2.24) is 5.32 Å². The van der Waals surface area contributed by atoms with Gasteiger partial charge in [-0.2, -0.15) is 0 Å². The molecule has 0 saturated carbocycles. The average Bonchev–Trinajstić information content (AvgIpc) is 2.81. The van der Waals surface area contributed by atoms with Crippen molar-refractivity contribution in [3.05, 3.63) is 90.0 Å². The number of hydrogen-bond donors (Lipinski definition) is 1. The molecule has 0 aliphatic carbocycles. The van der Waals surface area contributed by atoms with Crippen LogP contribution in [0.1, 0.15) is 18.1 Å². The maximum Gasteiger partial charge on any atom is 0.264 e. The fraction of sp³-hybridized carbons (Fsp3) is 0.208. The summed E-state index contributed by atoms with van der Waals surface area (Å²) < 4.78 is 33.4. The van der Waals surface area contributed by atoms with Gasteiger partial charge in [0.25, 0.3) is 10.0 Å². The highest BCUT2D eigenvalue weighted by Crippen LogP contribution is 2.27. The highest BCUT2D eigenvalue weighted by atomic mass is 32.2. The summed E-state index contributed by atoms with van der Waals surface area (Å²) in [5.41, 5.74) is 2.16. The number of nitrogens with zero attached hydrogens (tertiary/aromatic N) is 1. The molecule has 0 aliphatic heterocycles. The molecule has 3 aromatic rings. The lowest BCUT2D eigenvalue weighted by molar-refractivity contribution is -0.119. The molecule has 162 valence electrons. The molecule has 31 heavy (non-hydrogen) atoms. The number of carbonyl (C=O) groups is 1. The summed E-state index contributed by atoms with van der Waals surface area (Å²) in [6.07, 6.45) is 0.639. The van der Waals surface area contributed by atoms with Gasteiger partial charge in [0, 0.05) is 12.1 Å². The number of nitrogens with one attached hydrogen (secondary N) is 1. The Morgan fingerprint density at radius 2 is 1.52 bits per heavy atom. The standard InChI is InChI=1S/C24H26N2O4S/c1-3-19-11-7-9-15-22(19)26(31(28,29)21-13-5-4-6-14-21)18-24(27)25-17-20-12-8-10-16-23(20)30-2/h4-16H,3,17-18H2,1-2H3,(H,25,27). The van der Waals surface area contributed by atoms with Crippen molar-refractivity contribution in [2.24, 2.45) is 0 Å². The van der Waals surface area contributed by atoms with E-state index in [2.05, 4.69) is 5.32 Å². The van der Waals surface area contributed by atoms with E-state index in [1.807, 2.05) is 43.3 Å². The Morgan fingerprint density at radius 3 is 2.19 bits per heavy atom. The number of amides is 1. The van der Waals surface area contributed by atoms with Gasteiger partial charge in [-0.3, -0.25) is 9.10 Å². The van der Waals surface area contributed by atoms with Crippen LogP contribution in [0.25, 0.3) is 0 Å². The Bertz CT molecular complexity index is 1130. The Balaban J connectivity index is 1.89. The zero-order chi connectivity index (χ0) is 22.3. The maximum atomic E-state index is 13.4. The SMILES string of the molecule is CCc1ccccc1N(CC(=O)NCc1ccccc1OC)S(=O)(=O)c1ccccc1. The summed E-state index contributed by atoms with van der Waals surface area (Å²) in [5.74, 6) is 0.254. The van der Waals surface area contributed by atoms with Crippen LogP contribution in [0.4, 0.5) is 5.69 Å². The summed E-state index contributed by atoms with van der Waals surface area (Å²) in [5, 5.41) is 2.81. The number of para-hydroxylation sites is 2. The van der Waals surface area contributed by atoms with Crippen LogP contribution in [-0.4, -0.2) is 28.0 Å². The van der Waals surface area contributed by atoms with Crippen LogP contribution in [0.2, 0.25) is 0 Å². The molecule has 0 bridgehead atoms. The number of rotatable bonds is 9. The number of anilines is 1. The lowest BCUT2D eigenvalue weighted by atomic mass is 10.1. The van der Waals surface area contributed by atoms with Gasteiger partial charge in [-0.1, -0.05) is 61.5 Å². The van der Waals surface area contributed by atoms with E-state index in [1.165, 1.54) is 16.4 Å². The molecular formula is C24H26N2O4S. The van der Waals surface area contributed by atoms with E-state index in [0.717, 1.165) is 11.1 Å². The van der Waals surface area contributed by atoms with Crippen molar-refractivity contribution in [3.8, 4) is 5.75 Å². The quantitative estimate of drug-likeness (QED) is 0.552. The van der Waals surface area contributed by atoms with E-state index >= 15 is 0 Å². The summed E-state index contributed by atoms with van der Waals surface area (Å²) >= 11 is 0. The number of hydrogen-bond acceptors (Lipinski definition) is 4. The van der Waals surface area contributed by atoms with Crippen molar-refractivity contribution in [2.75, 3.05) is 18.0 Å². The van der Waals surface area contributed by atoms with E-state index in [1.54, 1.807) is 37.4 Å². The molecule has 0 spiro atoms. The van der Waals surface area contributed by atoms with Crippen molar-refractivity contribution < 1.29 is 17.9 Å². The predicted octanol–water partition coefficient (Wildman–Crippen LogP) is 3.77. The lowest BCUT2D eigenvalue weighted by Gasteiger charge is -2.26. The first-order chi connectivity index (χ1) is 15.0. The van der Waals surface area contributed by atoms with Gasteiger partial charge in [0.05, 0.1) is 17.7 Å². The third-order valence-corrected chi connectivity index (χ3v) is 6.70. The molecule has 0 heterocycles. The molecule has 0 saturated heterocycles. The second-order valence-electron chi connectivity index (χ2n) is 6.90. The Kier molecular flexibility index (Phi) is 7.31. The van der Waals surface area contributed by atoms with Crippen molar-refractivity contribution in [1.29, 1.82) is 0 Å². The Labute approximate surface area is 183 Å². The number of ether oxygens (including phenoxy) is 1. The van der Waals surface area contributed by atoms with Gasteiger partial charge in [0.15, 0.2) is 0 Å². The number of methoxy groups -OCH3 is 1. The van der Waals surface area contributed by atoms with E-state index in [4.69, 9.17) is 4.74 Å². The molecular weight excluding hydrogens is 412 g/mol. The normalized spacial score (nSPS) is 11.0. The third-order valence-electron chi connectivity index (χ3n) is 4.93. The van der Waals surface area contributed by atoms with E-state index in [0.29, 0.717) is 17.9 Å². The summed E-state index contributed by atoms with van der Waals surface area (Å²) in [4.78, 5) is 13.0. The molecule has 0 aliphatic rings. The minimum Gasteiger partial charge on any atom is -0.496 e. The summed E-state index contributed by atoms with van der Waals surface area (Å²) in [6, 6.07) is 22.7. The fourth-order valence-corrected chi connectivity index (χ4v) is 4.78. The Morgan fingerprint density at radius 1 is 0.903 bits per heavy atom. The fourth-order valence-electron chi connectivity index (χ4n) is 3.30. The van der Waals surface area contributed by atoms with Crippen LogP contribution >= 0.6 is 0 Å². The van der Waals surface area contributed by atoms with Crippen LogP contribution in [0.15, 0.2) is 83.8 Å². The molecule has 1 N–H and O–H groups in total. The predicted molar refractivity (Wildman–Crippen MR) is 122 cm³/mol. The van der Waals surface area contributed by atoms with Crippen molar-refractivity contribution >= 4 is 21.6 Å². The second-order valence-corrected chi connectivity index (χ2v) is 8.76. The van der Waals surface area contributed by atoms with E-state index in [-0.39, 0.29) is 18.0 Å². The first-order valence-electron chi connectivity index (χ1n) is 10.0. The van der Waals surface area contributed by atoms with Gasteiger partial charge in [0.1, 0.15) is 12.3 Å². The number of aryl methyl sites for hydroxylation is 1. The monoisotopic (exact) mass is 438 g/mol. The molecule has 3 aromatic carbocycles. The van der Waals surface area contributed by atoms with Gasteiger partial charge in [-0.05, 0) is 36.2 Å². The largest absolute Gasteiger partial charge is 0.496 e. The highest BCUT2D eigenvalue weighted by Gasteiger charge is 2.28. The van der Waals surface area contributed by atoms with Crippen LogP contribution in [-0.2, 0) is 27.8 Å². The zero-order valence-corrected chi connectivity index (χ0v) is 18.4. The summed E-state index contributed by atoms with van der Waals surface area (Å²) in [6.45, 7) is 1.86. The van der Waals surface area contributed by atoms with Crippen LogP contribution < -0.4 is 14.4 Å². The number of carbonyl (C=O) groups excluding carboxylic acids is 1. The average molecular weight is 439 g/mol. The maximum absolute atomic E-state index is 13.4. The first kappa shape index (κ1) is 22.4. The van der Waals surface area contributed by atoms with Gasteiger partial charge in [-0.25, -0.2) is 8.42 Å². The minimum absolute atomic E-state index is 0.137. The number of benzene rings is 3. The third kappa shape index (κ3) is 5.24. The molecule has 0 radical (unpaired) electrons. The number of sulfonamides is 1. The van der Waals surface area contributed by atoms with E-state index in [9.17, 15) is 13.2 Å². The smallest absolute Gasteiger partial charge is 0.264 e. The molecule has 6 nitrogen and oxygen atoms in total. The van der Waals surface area contributed by atoms with Crippen molar-refractivity contribution in [3.63, 3.8) is 0 Å². The van der Waals surface area contributed by atoms with Crippen molar-refractivity contribution in [2.45, 2.75) is 24.8 Å². The van der Waals surface area contributed by atoms with Crippen LogP contribution in [0, 0.1) is 0 Å². The topological polar surface area (TPSA) is 75.7 Å². The lowest BCUT2D eigenvalue weighted by Crippen LogP contribution is -2.41. The molecule has 3 rings (SSSR count).